The molecular formula is C16H22O3S. The van der Waals surface area contributed by atoms with E-state index >= 15 is 0 Å². The molecule has 3 rings (SSSR count). The van der Waals surface area contributed by atoms with Crippen molar-refractivity contribution in [3.63, 3.8) is 0 Å². The van der Waals surface area contributed by atoms with E-state index in [9.17, 15) is 13.5 Å². The molecule has 4 heteroatoms. The van der Waals surface area contributed by atoms with Gasteiger partial charge in [-0.3, -0.25) is 0 Å². The van der Waals surface area contributed by atoms with Gasteiger partial charge in [-0.25, -0.2) is 8.42 Å². The van der Waals surface area contributed by atoms with Crippen LogP contribution in [0.25, 0.3) is 0 Å². The van der Waals surface area contributed by atoms with E-state index < -0.39 is 15.9 Å². The second-order valence-electron chi connectivity index (χ2n) is 6.53. The van der Waals surface area contributed by atoms with Gasteiger partial charge in [-0.05, 0) is 61.1 Å². The molecule has 0 radical (unpaired) electrons. The Balaban J connectivity index is 1.67. The van der Waals surface area contributed by atoms with E-state index in [1.807, 2.05) is 0 Å². The summed E-state index contributed by atoms with van der Waals surface area (Å²) < 4.78 is 22.8. The van der Waals surface area contributed by atoms with Crippen molar-refractivity contribution in [2.24, 2.45) is 17.8 Å². The summed E-state index contributed by atoms with van der Waals surface area (Å²) in [5.74, 6) is 2.35. The first kappa shape index (κ1) is 14.1. The van der Waals surface area contributed by atoms with Crippen molar-refractivity contribution in [1.29, 1.82) is 0 Å². The highest BCUT2D eigenvalue weighted by molar-refractivity contribution is 7.90. The largest absolute Gasteiger partial charge is 0.388 e. The molecule has 0 amide bonds. The zero-order valence-electron chi connectivity index (χ0n) is 11.8. The Labute approximate surface area is 120 Å². The molecule has 3 nitrogen and oxygen atoms in total. The molecule has 1 aromatic rings. The van der Waals surface area contributed by atoms with Crippen LogP contribution in [0.1, 0.15) is 43.8 Å². The monoisotopic (exact) mass is 294 g/mol. The van der Waals surface area contributed by atoms with Gasteiger partial charge in [-0.1, -0.05) is 18.6 Å². The van der Waals surface area contributed by atoms with Crippen molar-refractivity contribution in [2.45, 2.75) is 43.1 Å². The first-order valence-electron chi connectivity index (χ1n) is 7.41. The fourth-order valence-electron chi connectivity index (χ4n) is 4.03. The minimum absolute atomic E-state index is 0.313. The lowest BCUT2D eigenvalue weighted by Crippen LogP contribution is -2.14. The zero-order valence-corrected chi connectivity index (χ0v) is 12.6. The average Bonchev–Trinajstić information content (AvgIpc) is 3.00. The molecule has 0 heterocycles. The fourth-order valence-corrected chi connectivity index (χ4v) is 4.66. The summed E-state index contributed by atoms with van der Waals surface area (Å²) in [6.07, 6.45) is 6.88. The minimum Gasteiger partial charge on any atom is -0.388 e. The Bertz CT molecular complexity index is 576. The Kier molecular flexibility index (Phi) is 3.63. The first-order valence-corrected chi connectivity index (χ1v) is 9.30. The number of sulfone groups is 1. The molecule has 2 saturated carbocycles. The maximum Gasteiger partial charge on any atom is 0.175 e. The van der Waals surface area contributed by atoms with Crippen LogP contribution in [0, 0.1) is 17.8 Å². The van der Waals surface area contributed by atoms with Crippen LogP contribution in [-0.4, -0.2) is 19.8 Å². The summed E-state index contributed by atoms with van der Waals surface area (Å²) >= 11 is 0. The van der Waals surface area contributed by atoms with Crippen LogP contribution in [-0.2, 0) is 9.84 Å². The molecule has 2 aliphatic carbocycles. The Hall–Kier alpha value is -0.870. The second-order valence-corrected chi connectivity index (χ2v) is 8.54. The van der Waals surface area contributed by atoms with Crippen molar-refractivity contribution in [3.05, 3.63) is 29.8 Å². The molecule has 0 aliphatic heterocycles. The number of benzene rings is 1. The number of hydrogen-bond donors (Lipinski definition) is 1. The third-order valence-corrected chi connectivity index (χ3v) is 6.23. The van der Waals surface area contributed by atoms with E-state index in [2.05, 4.69) is 0 Å². The number of fused-ring (bicyclic) bond motifs is 2. The molecule has 2 fully saturated rings. The molecule has 1 N–H and O–H groups in total. The molecule has 110 valence electrons. The van der Waals surface area contributed by atoms with E-state index in [4.69, 9.17) is 0 Å². The van der Waals surface area contributed by atoms with Crippen molar-refractivity contribution in [1.82, 2.24) is 0 Å². The third kappa shape index (κ3) is 2.77. The topological polar surface area (TPSA) is 54.4 Å². The van der Waals surface area contributed by atoms with E-state index in [0.29, 0.717) is 10.8 Å². The number of aliphatic hydroxyl groups is 1. The van der Waals surface area contributed by atoms with Crippen LogP contribution in [0.15, 0.2) is 29.2 Å². The molecule has 2 bridgehead atoms. The van der Waals surface area contributed by atoms with Crippen LogP contribution in [0.5, 0.6) is 0 Å². The minimum atomic E-state index is -3.16. The summed E-state index contributed by atoms with van der Waals surface area (Å²) in [7, 11) is -3.16. The van der Waals surface area contributed by atoms with Crippen molar-refractivity contribution in [2.75, 3.05) is 6.26 Å². The Morgan fingerprint density at radius 2 is 1.90 bits per heavy atom. The molecule has 0 spiro atoms. The second kappa shape index (κ2) is 5.15. The molecule has 0 saturated heterocycles. The Morgan fingerprint density at radius 1 is 1.20 bits per heavy atom. The van der Waals surface area contributed by atoms with Gasteiger partial charge in [0.25, 0.3) is 0 Å². The van der Waals surface area contributed by atoms with E-state index in [0.717, 1.165) is 23.8 Å². The highest BCUT2D eigenvalue weighted by atomic mass is 32.2. The summed E-state index contributed by atoms with van der Waals surface area (Å²) in [4.78, 5) is 0.313. The lowest BCUT2D eigenvalue weighted by Gasteiger charge is -2.24. The lowest BCUT2D eigenvalue weighted by atomic mass is 9.83. The van der Waals surface area contributed by atoms with Gasteiger partial charge in [0, 0.05) is 6.26 Å². The Morgan fingerprint density at radius 3 is 2.40 bits per heavy atom. The van der Waals surface area contributed by atoms with E-state index in [1.54, 1.807) is 24.3 Å². The van der Waals surface area contributed by atoms with Gasteiger partial charge in [-0.15, -0.1) is 0 Å². The van der Waals surface area contributed by atoms with Crippen LogP contribution in [0.3, 0.4) is 0 Å². The average molecular weight is 294 g/mol. The molecular weight excluding hydrogens is 272 g/mol. The van der Waals surface area contributed by atoms with Crippen molar-refractivity contribution >= 4 is 9.84 Å². The molecule has 20 heavy (non-hydrogen) atoms. The normalized spacial score (nSPS) is 30.6. The first-order chi connectivity index (χ1) is 9.43. The molecule has 1 aromatic carbocycles. The molecule has 2 aliphatic rings. The fraction of sp³-hybridized carbons (Fsp3) is 0.625. The highest BCUT2D eigenvalue weighted by Crippen LogP contribution is 2.50. The number of aliphatic hydroxyl groups excluding tert-OH is 1. The van der Waals surface area contributed by atoms with Gasteiger partial charge in [-0.2, -0.15) is 0 Å². The SMILES string of the molecule is CS(=O)(=O)c1ccc(C(O)CC2CC3CCC2C3)cc1. The van der Waals surface area contributed by atoms with Crippen LogP contribution >= 0.6 is 0 Å². The summed E-state index contributed by atoms with van der Waals surface area (Å²) in [6, 6.07) is 6.67. The molecule has 0 aromatic heterocycles. The van der Waals surface area contributed by atoms with E-state index in [-0.39, 0.29) is 0 Å². The van der Waals surface area contributed by atoms with Crippen molar-refractivity contribution in [3.8, 4) is 0 Å². The summed E-state index contributed by atoms with van der Waals surface area (Å²) in [6.45, 7) is 0. The predicted molar refractivity (Wildman–Crippen MR) is 78.1 cm³/mol. The van der Waals surface area contributed by atoms with Gasteiger partial charge in [0.05, 0.1) is 11.0 Å². The van der Waals surface area contributed by atoms with Gasteiger partial charge in [0.15, 0.2) is 9.84 Å². The molecule has 4 unspecified atom stereocenters. The number of rotatable bonds is 4. The smallest absolute Gasteiger partial charge is 0.175 e. The van der Waals surface area contributed by atoms with Gasteiger partial charge in [0.2, 0.25) is 0 Å². The standard InChI is InChI=1S/C16H22O3S/c1-20(18,19)15-6-4-12(5-7-15)16(17)10-14-9-11-2-3-13(14)8-11/h4-7,11,13-14,16-17H,2-3,8-10H2,1H3. The maximum atomic E-state index is 11.4. The molecule has 4 atom stereocenters. The zero-order chi connectivity index (χ0) is 14.3. The highest BCUT2D eigenvalue weighted by Gasteiger charge is 2.40. The van der Waals surface area contributed by atoms with Crippen LogP contribution in [0.4, 0.5) is 0 Å². The van der Waals surface area contributed by atoms with Crippen LogP contribution < -0.4 is 0 Å². The van der Waals surface area contributed by atoms with E-state index in [1.165, 1.54) is 31.9 Å². The third-order valence-electron chi connectivity index (χ3n) is 5.10. The van der Waals surface area contributed by atoms with Crippen molar-refractivity contribution < 1.29 is 13.5 Å². The quantitative estimate of drug-likeness (QED) is 0.929. The predicted octanol–water partition coefficient (Wildman–Crippen LogP) is 2.95. The van der Waals surface area contributed by atoms with Gasteiger partial charge in [0.1, 0.15) is 0 Å². The van der Waals surface area contributed by atoms with Gasteiger partial charge >= 0.3 is 0 Å². The summed E-state index contributed by atoms with van der Waals surface area (Å²) in [5.41, 5.74) is 0.833. The van der Waals surface area contributed by atoms with Gasteiger partial charge < -0.3 is 5.11 Å². The van der Waals surface area contributed by atoms with Crippen LogP contribution in [0.2, 0.25) is 0 Å². The lowest BCUT2D eigenvalue weighted by molar-refractivity contribution is 0.125. The summed E-state index contributed by atoms with van der Waals surface area (Å²) in [5, 5.41) is 10.4. The number of hydrogen-bond acceptors (Lipinski definition) is 3. The maximum absolute atomic E-state index is 11.4.